The highest BCUT2D eigenvalue weighted by molar-refractivity contribution is 8.00. The molecule has 0 radical (unpaired) electrons. The van der Waals surface area contributed by atoms with Crippen molar-refractivity contribution in [3.63, 3.8) is 0 Å². The molecule has 0 saturated heterocycles. The van der Waals surface area contributed by atoms with E-state index in [2.05, 4.69) is 49.5 Å². The van der Waals surface area contributed by atoms with Gasteiger partial charge in [0.1, 0.15) is 6.61 Å². The molecule has 1 unspecified atom stereocenters. The molecular formula is C27H32N4O3S. The maximum absolute atomic E-state index is 11.3. The van der Waals surface area contributed by atoms with E-state index in [1.165, 1.54) is 11.9 Å². The summed E-state index contributed by atoms with van der Waals surface area (Å²) < 4.78 is 9.33. The van der Waals surface area contributed by atoms with Crippen LogP contribution < -0.4 is 15.2 Å². The number of anilines is 1. The maximum atomic E-state index is 11.3. The third-order valence-corrected chi connectivity index (χ3v) is 7.19. The number of nitrogens with two attached hydrogens (primary N) is 1. The van der Waals surface area contributed by atoms with Gasteiger partial charge in [-0.2, -0.15) is 4.98 Å². The van der Waals surface area contributed by atoms with E-state index >= 15 is 0 Å². The van der Waals surface area contributed by atoms with Crippen molar-refractivity contribution in [2.45, 2.75) is 57.4 Å². The molecular weight excluding hydrogens is 460 g/mol. The molecule has 0 aliphatic heterocycles. The van der Waals surface area contributed by atoms with Crippen LogP contribution in [-0.4, -0.2) is 33.2 Å². The van der Waals surface area contributed by atoms with Gasteiger partial charge in [0.15, 0.2) is 0 Å². The first kappa shape index (κ1) is 25.0. The number of hydrogen-bond donors (Lipinski definition) is 3. The minimum absolute atomic E-state index is 0.209. The number of carboxylic acid groups (broad SMARTS) is 1. The first-order chi connectivity index (χ1) is 16.5. The van der Waals surface area contributed by atoms with E-state index in [1.54, 1.807) is 18.2 Å². The topological polar surface area (TPSA) is 110 Å². The smallest absolute Gasteiger partial charge is 0.335 e. The predicted molar refractivity (Wildman–Crippen MR) is 140 cm³/mol. The van der Waals surface area contributed by atoms with Crippen LogP contribution in [0.3, 0.4) is 0 Å². The van der Waals surface area contributed by atoms with Crippen molar-refractivity contribution < 1.29 is 14.6 Å². The lowest BCUT2D eigenvalue weighted by Gasteiger charge is -2.26. The zero-order chi connectivity index (χ0) is 25.2. The number of nitrogens with one attached hydrogen (secondary N) is 1. The highest BCUT2D eigenvalue weighted by atomic mass is 32.2. The van der Waals surface area contributed by atoms with Gasteiger partial charge < -0.3 is 15.6 Å². The lowest BCUT2D eigenvalue weighted by atomic mass is 9.88. The summed E-state index contributed by atoms with van der Waals surface area (Å²) in [5, 5.41) is 9.27. The average molecular weight is 493 g/mol. The maximum Gasteiger partial charge on any atom is 0.335 e. The number of aromatic nitrogens is 2. The summed E-state index contributed by atoms with van der Waals surface area (Å²) in [5.74, 6) is -0.138. The van der Waals surface area contributed by atoms with Crippen LogP contribution in [0.1, 0.15) is 54.6 Å². The number of benzene rings is 2. The van der Waals surface area contributed by atoms with Crippen molar-refractivity contribution in [2.75, 3.05) is 11.3 Å². The third-order valence-electron chi connectivity index (χ3n) is 6.42. The van der Waals surface area contributed by atoms with Gasteiger partial charge in [-0.15, -0.1) is 0 Å². The van der Waals surface area contributed by atoms with Gasteiger partial charge in [-0.05, 0) is 79.8 Å². The first-order valence-corrected chi connectivity index (χ1v) is 12.5. The molecule has 2 aromatic carbocycles. The van der Waals surface area contributed by atoms with Gasteiger partial charge >= 0.3 is 5.97 Å². The van der Waals surface area contributed by atoms with E-state index in [1.807, 2.05) is 18.2 Å². The van der Waals surface area contributed by atoms with Crippen LogP contribution in [0.25, 0.3) is 11.3 Å². The van der Waals surface area contributed by atoms with Crippen molar-refractivity contribution in [1.82, 2.24) is 9.97 Å². The number of carbonyl (C=O) groups is 1. The van der Waals surface area contributed by atoms with Crippen LogP contribution in [0, 0.1) is 19.3 Å². The van der Waals surface area contributed by atoms with Gasteiger partial charge in [0, 0.05) is 16.5 Å². The molecule has 1 aromatic heterocycles. The summed E-state index contributed by atoms with van der Waals surface area (Å²) in [5.41, 5.74) is 10.7. The van der Waals surface area contributed by atoms with E-state index < -0.39 is 5.97 Å². The molecule has 0 amide bonds. The molecule has 4 rings (SSSR count). The van der Waals surface area contributed by atoms with Gasteiger partial charge in [0.25, 0.3) is 0 Å². The van der Waals surface area contributed by atoms with Gasteiger partial charge in [0.05, 0.1) is 16.8 Å². The predicted octanol–water partition coefficient (Wildman–Crippen LogP) is 5.86. The lowest BCUT2D eigenvalue weighted by molar-refractivity contribution is 0.0696. The van der Waals surface area contributed by atoms with Crippen LogP contribution >= 0.6 is 11.9 Å². The Hall–Kier alpha value is -3.10. The summed E-state index contributed by atoms with van der Waals surface area (Å²) >= 11 is 1.25. The molecule has 4 N–H and O–H groups in total. The van der Waals surface area contributed by atoms with Crippen molar-refractivity contribution in [3.05, 3.63) is 65.2 Å². The Kier molecular flexibility index (Phi) is 7.05. The van der Waals surface area contributed by atoms with Gasteiger partial charge in [-0.3, -0.25) is 4.72 Å². The van der Waals surface area contributed by atoms with Crippen LogP contribution in [0.2, 0.25) is 0 Å². The van der Waals surface area contributed by atoms with Crippen molar-refractivity contribution in [1.29, 1.82) is 0 Å². The average Bonchev–Trinajstić information content (AvgIpc) is 3.09. The van der Waals surface area contributed by atoms with E-state index in [9.17, 15) is 9.90 Å². The van der Waals surface area contributed by atoms with Crippen molar-refractivity contribution >= 4 is 23.9 Å². The normalized spacial score (nSPS) is 18.9. The Bertz CT molecular complexity index is 1230. The molecule has 0 bridgehead atoms. The van der Waals surface area contributed by atoms with Crippen molar-refractivity contribution in [3.8, 4) is 17.1 Å². The summed E-state index contributed by atoms with van der Waals surface area (Å²) in [6.07, 6.45) is 2.88. The highest BCUT2D eigenvalue weighted by Gasteiger charge is 2.41. The molecule has 1 heterocycles. The number of nitrogens with zero attached hydrogens (tertiary/aromatic N) is 2. The van der Waals surface area contributed by atoms with Crippen molar-refractivity contribution in [2.24, 2.45) is 11.1 Å². The molecule has 1 aliphatic rings. The van der Waals surface area contributed by atoms with E-state index in [0.717, 1.165) is 46.5 Å². The molecule has 184 valence electrons. The second kappa shape index (κ2) is 9.87. The molecule has 8 heteroatoms. The largest absolute Gasteiger partial charge is 0.478 e. The fourth-order valence-electron chi connectivity index (χ4n) is 4.75. The standard InChI is InChI=1S/C27H32N4O3S/c1-17-7-5-8-18(2)23(17)21-14-22(34-16-27(28)12-11-26(3,4)15-27)30-25(29-21)31-35-20-10-6-9-19(13-20)24(32)33/h5-10,13-14H,11-12,15-16,28H2,1-4H3,(H,32,33)(H,29,30,31). The number of ether oxygens (including phenoxy) is 1. The van der Waals surface area contributed by atoms with Gasteiger partial charge in [0.2, 0.25) is 11.8 Å². The van der Waals surface area contributed by atoms with Crippen LogP contribution in [0.15, 0.2) is 53.4 Å². The molecule has 7 nitrogen and oxygen atoms in total. The fraction of sp³-hybridized carbons (Fsp3) is 0.370. The number of hydrogen-bond acceptors (Lipinski definition) is 7. The van der Waals surface area contributed by atoms with Gasteiger partial charge in [-0.25, -0.2) is 9.78 Å². The molecule has 35 heavy (non-hydrogen) atoms. The Labute approximate surface area is 210 Å². The SMILES string of the molecule is Cc1cccc(C)c1-c1cc(OCC2(N)CCC(C)(C)C2)nc(NSc2cccc(C(=O)O)c2)n1. The lowest BCUT2D eigenvalue weighted by Crippen LogP contribution is -2.43. The van der Waals surface area contributed by atoms with Crippen LogP contribution in [-0.2, 0) is 0 Å². The number of aromatic carboxylic acids is 1. The number of carboxylic acids is 1. The summed E-state index contributed by atoms with van der Waals surface area (Å²) in [6.45, 7) is 8.97. The Morgan fingerprint density at radius 3 is 2.49 bits per heavy atom. The quantitative estimate of drug-likeness (QED) is 0.335. The Balaban J connectivity index is 1.61. The fourth-order valence-corrected chi connectivity index (χ4v) is 5.38. The molecule has 0 spiro atoms. The molecule has 1 atom stereocenters. The second-order valence-corrected chi connectivity index (χ2v) is 11.1. The molecule has 1 fully saturated rings. The molecule has 1 aliphatic carbocycles. The van der Waals surface area contributed by atoms with E-state index in [4.69, 9.17) is 15.5 Å². The van der Waals surface area contributed by atoms with Crippen LogP contribution in [0.5, 0.6) is 5.88 Å². The zero-order valence-corrected chi connectivity index (χ0v) is 21.4. The summed E-state index contributed by atoms with van der Waals surface area (Å²) in [7, 11) is 0. The summed E-state index contributed by atoms with van der Waals surface area (Å²) in [4.78, 5) is 21.4. The highest BCUT2D eigenvalue weighted by Crippen LogP contribution is 2.42. The first-order valence-electron chi connectivity index (χ1n) is 11.7. The van der Waals surface area contributed by atoms with Crippen LogP contribution in [0.4, 0.5) is 5.95 Å². The Morgan fingerprint density at radius 1 is 1.11 bits per heavy atom. The Morgan fingerprint density at radius 2 is 1.83 bits per heavy atom. The minimum atomic E-state index is -0.970. The van der Waals surface area contributed by atoms with Gasteiger partial charge in [-0.1, -0.05) is 38.1 Å². The number of rotatable bonds is 8. The second-order valence-electron chi connectivity index (χ2n) is 10.2. The molecule has 3 aromatic rings. The van der Waals surface area contributed by atoms with E-state index in [0.29, 0.717) is 18.4 Å². The number of aryl methyl sites for hydroxylation is 2. The monoisotopic (exact) mass is 492 g/mol. The summed E-state index contributed by atoms with van der Waals surface area (Å²) in [6, 6.07) is 14.7. The zero-order valence-electron chi connectivity index (χ0n) is 20.6. The molecule has 1 saturated carbocycles. The van der Waals surface area contributed by atoms with E-state index in [-0.39, 0.29) is 16.5 Å². The minimum Gasteiger partial charge on any atom is -0.478 e. The third kappa shape index (κ3) is 6.13.